The predicted octanol–water partition coefficient (Wildman–Crippen LogP) is 1.19. The molecule has 100 valence electrons. The molecule has 5 nitrogen and oxygen atoms in total. The van der Waals surface area contributed by atoms with Crippen molar-refractivity contribution < 1.29 is 27.5 Å². The maximum absolute atomic E-state index is 11.7. The highest BCUT2D eigenvalue weighted by atomic mass is 19.4. The van der Waals surface area contributed by atoms with Crippen LogP contribution in [0.5, 0.6) is 0 Å². The molecule has 2 amide bonds. The first-order valence-electron chi connectivity index (χ1n) is 5.04. The molecule has 1 atom stereocenters. The fraction of sp³-hybridized carbons (Fsp3) is 0.778. The Hall–Kier alpha value is -1.47. The third kappa shape index (κ3) is 8.35. The number of nitrogens with one attached hydrogen (secondary N) is 2. The van der Waals surface area contributed by atoms with Gasteiger partial charge in [0.2, 0.25) is 5.91 Å². The average Bonchev–Trinajstić information content (AvgIpc) is 2.22. The van der Waals surface area contributed by atoms with Crippen molar-refractivity contribution >= 4 is 12.0 Å². The molecule has 17 heavy (non-hydrogen) atoms. The van der Waals surface area contributed by atoms with Gasteiger partial charge < -0.3 is 15.4 Å². The van der Waals surface area contributed by atoms with E-state index in [0.717, 1.165) is 6.42 Å². The standard InChI is InChI=1S/C9H15F3N2O3/c1-3-4-13-7(15)6(2)14-8(16)17-5-9(10,11)12/h6H,3-5H2,1-2H3,(H,13,15)(H,14,16). The summed E-state index contributed by atoms with van der Waals surface area (Å²) in [6.45, 7) is 1.94. The van der Waals surface area contributed by atoms with Crippen molar-refractivity contribution in [2.75, 3.05) is 13.2 Å². The van der Waals surface area contributed by atoms with E-state index in [0.29, 0.717) is 6.54 Å². The fourth-order valence-electron chi connectivity index (χ4n) is 0.833. The van der Waals surface area contributed by atoms with Crippen molar-refractivity contribution in [3.05, 3.63) is 0 Å². The Morgan fingerprint density at radius 1 is 1.35 bits per heavy atom. The van der Waals surface area contributed by atoms with E-state index in [9.17, 15) is 22.8 Å². The molecule has 0 radical (unpaired) electrons. The highest BCUT2D eigenvalue weighted by Crippen LogP contribution is 2.14. The first-order valence-corrected chi connectivity index (χ1v) is 5.04. The number of hydrogen-bond acceptors (Lipinski definition) is 3. The van der Waals surface area contributed by atoms with E-state index < -0.39 is 30.8 Å². The Morgan fingerprint density at radius 2 is 1.94 bits per heavy atom. The van der Waals surface area contributed by atoms with Crippen molar-refractivity contribution in [1.29, 1.82) is 0 Å². The van der Waals surface area contributed by atoms with Crippen LogP contribution in [0.3, 0.4) is 0 Å². The summed E-state index contributed by atoms with van der Waals surface area (Å²) in [5.74, 6) is -0.476. The van der Waals surface area contributed by atoms with Crippen LogP contribution in [0.4, 0.5) is 18.0 Å². The molecule has 0 aliphatic heterocycles. The van der Waals surface area contributed by atoms with Gasteiger partial charge in [0.1, 0.15) is 6.04 Å². The Kier molecular flexibility index (Phi) is 6.37. The highest BCUT2D eigenvalue weighted by Gasteiger charge is 2.30. The molecule has 2 N–H and O–H groups in total. The van der Waals surface area contributed by atoms with Crippen LogP contribution in [0, 0.1) is 0 Å². The van der Waals surface area contributed by atoms with Crippen LogP contribution in [0.1, 0.15) is 20.3 Å². The summed E-state index contributed by atoms with van der Waals surface area (Å²) in [6, 6.07) is -0.942. The van der Waals surface area contributed by atoms with E-state index in [4.69, 9.17) is 0 Å². The second kappa shape index (κ2) is 6.97. The number of carbonyl (C=O) groups excluding carboxylic acids is 2. The Labute approximate surface area is 96.7 Å². The number of rotatable bonds is 5. The Morgan fingerprint density at radius 3 is 2.41 bits per heavy atom. The van der Waals surface area contributed by atoms with Crippen LogP contribution in [0.2, 0.25) is 0 Å². The summed E-state index contributed by atoms with van der Waals surface area (Å²) in [5, 5.41) is 4.47. The molecule has 0 aromatic heterocycles. The predicted molar refractivity (Wildman–Crippen MR) is 53.3 cm³/mol. The average molecular weight is 256 g/mol. The van der Waals surface area contributed by atoms with Gasteiger partial charge in [-0.3, -0.25) is 4.79 Å². The summed E-state index contributed by atoms with van der Waals surface area (Å²) in [7, 11) is 0. The first kappa shape index (κ1) is 15.5. The molecule has 1 unspecified atom stereocenters. The van der Waals surface area contributed by atoms with Gasteiger partial charge in [0.25, 0.3) is 0 Å². The molecule has 0 aromatic rings. The van der Waals surface area contributed by atoms with E-state index in [1.54, 1.807) is 0 Å². The number of halogens is 3. The molecule has 0 fully saturated rings. The van der Waals surface area contributed by atoms with Crippen LogP contribution < -0.4 is 10.6 Å². The molecule has 0 aliphatic rings. The molecule has 0 saturated heterocycles. The lowest BCUT2D eigenvalue weighted by Crippen LogP contribution is -2.45. The van der Waals surface area contributed by atoms with Gasteiger partial charge in [0, 0.05) is 6.54 Å². The van der Waals surface area contributed by atoms with E-state index in [-0.39, 0.29) is 0 Å². The van der Waals surface area contributed by atoms with Gasteiger partial charge in [-0.1, -0.05) is 6.92 Å². The molecule has 0 saturated carbocycles. The molecule has 8 heteroatoms. The second-order valence-electron chi connectivity index (χ2n) is 3.35. The van der Waals surface area contributed by atoms with Crippen LogP contribution in [0.25, 0.3) is 0 Å². The molecule has 0 aliphatic carbocycles. The van der Waals surface area contributed by atoms with Gasteiger partial charge in [-0.15, -0.1) is 0 Å². The van der Waals surface area contributed by atoms with Crippen LogP contribution in [-0.4, -0.2) is 37.4 Å². The first-order chi connectivity index (χ1) is 7.76. The number of hydrogen-bond donors (Lipinski definition) is 2. The molecular formula is C9H15F3N2O3. The maximum Gasteiger partial charge on any atom is 0.422 e. The minimum atomic E-state index is -4.58. The van der Waals surface area contributed by atoms with E-state index in [2.05, 4.69) is 10.1 Å². The second-order valence-corrected chi connectivity index (χ2v) is 3.35. The van der Waals surface area contributed by atoms with Crippen molar-refractivity contribution in [2.45, 2.75) is 32.5 Å². The van der Waals surface area contributed by atoms with Gasteiger partial charge in [0.05, 0.1) is 0 Å². The molecule has 0 heterocycles. The van der Waals surface area contributed by atoms with Gasteiger partial charge in [-0.05, 0) is 13.3 Å². The molecule has 0 bridgehead atoms. The SMILES string of the molecule is CCCNC(=O)C(C)NC(=O)OCC(F)(F)F. The van der Waals surface area contributed by atoms with E-state index in [1.165, 1.54) is 6.92 Å². The van der Waals surface area contributed by atoms with Crippen molar-refractivity contribution in [1.82, 2.24) is 10.6 Å². The van der Waals surface area contributed by atoms with Crippen molar-refractivity contribution in [2.24, 2.45) is 0 Å². The summed E-state index contributed by atoms with van der Waals surface area (Å²) in [4.78, 5) is 22.1. The molecular weight excluding hydrogens is 241 g/mol. The lowest BCUT2D eigenvalue weighted by molar-refractivity contribution is -0.160. The molecule has 0 aromatic carbocycles. The summed E-state index contributed by atoms with van der Waals surface area (Å²) >= 11 is 0. The van der Waals surface area contributed by atoms with E-state index in [1.807, 2.05) is 12.2 Å². The summed E-state index contributed by atoms with van der Waals surface area (Å²) in [5.41, 5.74) is 0. The zero-order valence-corrected chi connectivity index (χ0v) is 9.56. The lowest BCUT2D eigenvalue weighted by atomic mass is 10.3. The summed E-state index contributed by atoms with van der Waals surface area (Å²) in [6.07, 6.45) is -5.14. The number of alkyl carbamates (subject to hydrolysis) is 1. The minimum absolute atomic E-state index is 0.433. The Bertz CT molecular complexity index is 269. The van der Waals surface area contributed by atoms with Crippen molar-refractivity contribution in [3.63, 3.8) is 0 Å². The van der Waals surface area contributed by atoms with Crippen molar-refractivity contribution in [3.8, 4) is 0 Å². The number of carbonyl (C=O) groups is 2. The van der Waals surface area contributed by atoms with Crippen LogP contribution >= 0.6 is 0 Å². The monoisotopic (exact) mass is 256 g/mol. The Balaban J connectivity index is 3.91. The normalized spacial score (nSPS) is 12.8. The number of amides is 2. The number of alkyl halides is 3. The van der Waals surface area contributed by atoms with Gasteiger partial charge in [-0.25, -0.2) is 4.79 Å². The minimum Gasteiger partial charge on any atom is -0.440 e. The third-order valence-corrected chi connectivity index (χ3v) is 1.64. The van der Waals surface area contributed by atoms with Crippen LogP contribution in [0.15, 0.2) is 0 Å². The molecule has 0 rings (SSSR count). The summed E-state index contributed by atoms with van der Waals surface area (Å²) < 4.78 is 39.0. The zero-order chi connectivity index (χ0) is 13.5. The van der Waals surface area contributed by atoms with Gasteiger partial charge >= 0.3 is 12.3 Å². The maximum atomic E-state index is 11.7. The van der Waals surface area contributed by atoms with Gasteiger partial charge in [-0.2, -0.15) is 13.2 Å². The zero-order valence-electron chi connectivity index (χ0n) is 9.56. The third-order valence-electron chi connectivity index (χ3n) is 1.64. The van der Waals surface area contributed by atoms with E-state index >= 15 is 0 Å². The fourth-order valence-corrected chi connectivity index (χ4v) is 0.833. The topological polar surface area (TPSA) is 67.4 Å². The lowest BCUT2D eigenvalue weighted by Gasteiger charge is -2.14. The molecule has 0 spiro atoms. The van der Waals surface area contributed by atoms with Gasteiger partial charge in [0.15, 0.2) is 6.61 Å². The quantitative estimate of drug-likeness (QED) is 0.776. The smallest absolute Gasteiger partial charge is 0.422 e. The number of ether oxygens (including phenoxy) is 1. The highest BCUT2D eigenvalue weighted by molar-refractivity contribution is 5.85. The van der Waals surface area contributed by atoms with Crippen LogP contribution in [-0.2, 0) is 9.53 Å². The largest absolute Gasteiger partial charge is 0.440 e.